The molecule has 2 aliphatic carbocycles. The Kier molecular flexibility index (Phi) is 10.1. The highest BCUT2D eigenvalue weighted by Crippen LogP contribution is 2.46. The summed E-state index contributed by atoms with van der Waals surface area (Å²) in [6.45, 7) is 2.26. The summed E-state index contributed by atoms with van der Waals surface area (Å²) < 4.78 is 14.0. The normalized spacial score (nSPS) is 25.4. The van der Waals surface area contributed by atoms with Gasteiger partial charge in [-0.25, -0.2) is 4.39 Å². The van der Waals surface area contributed by atoms with Gasteiger partial charge in [0.1, 0.15) is 5.82 Å². The predicted molar refractivity (Wildman–Crippen MR) is 107 cm³/mol. The fraction of sp³-hybridized carbons (Fsp3) is 0.619. The van der Waals surface area contributed by atoms with Crippen molar-refractivity contribution in [2.24, 2.45) is 11.8 Å². The molecule has 0 radical (unpaired) electrons. The Bertz CT molecular complexity index is 606. The van der Waals surface area contributed by atoms with Gasteiger partial charge in [-0.05, 0) is 71.7 Å². The molecule has 0 saturated heterocycles. The van der Waals surface area contributed by atoms with Crippen LogP contribution >= 0.6 is 0 Å². The van der Waals surface area contributed by atoms with Crippen molar-refractivity contribution in [3.63, 3.8) is 0 Å². The van der Waals surface area contributed by atoms with Crippen molar-refractivity contribution in [3.8, 4) is 0 Å². The molecular formula is C21H33FN2O4. The third-order valence-corrected chi connectivity index (χ3v) is 5.94. The first-order valence-corrected chi connectivity index (χ1v) is 9.54. The van der Waals surface area contributed by atoms with Gasteiger partial charge in [-0.2, -0.15) is 0 Å². The average molecular weight is 397 g/mol. The highest BCUT2D eigenvalue weighted by atomic mass is 19.1. The molecule has 7 heteroatoms. The van der Waals surface area contributed by atoms with Crippen LogP contribution in [0.1, 0.15) is 36.8 Å². The molecule has 28 heavy (non-hydrogen) atoms. The molecule has 0 aromatic heterocycles. The van der Waals surface area contributed by atoms with Crippen LogP contribution < -0.4 is 0 Å². The van der Waals surface area contributed by atoms with Crippen LogP contribution in [0.2, 0.25) is 0 Å². The minimum atomic E-state index is -0.250. The summed E-state index contributed by atoms with van der Waals surface area (Å²) in [6.07, 6.45) is 5.28. The Morgan fingerprint density at radius 1 is 1.00 bits per heavy atom. The quantitative estimate of drug-likeness (QED) is 0.762. The van der Waals surface area contributed by atoms with E-state index in [4.69, 9.17) is 19.8 Å². The smallest absolute Gasteiger partial charge is 0.290 e. The zero-order valence-electron chi connectivity index (χ0n) is 17.2. The van der Waals surface area contributed by atoms with E-state index in [1.807, 2.05) is 19.1 Å². The van der Waals surface area contributed by atoms with Crippen LogP contribution in [-0.4, -0.2) is 66.2 Å². The van der Waals surface area contributed by atoms with Gasteiger partial charge in [-0.1, -0.05) is 17.7 Å². The zero-order chi connectivity index (χ0) is 21.3. The molecule has 1 aromatic rings. The molecule has 0 amide bonds. The largest absolute Gasteiger partial charge is 0.483 e. The summed E-state index contributed by atoms with van der Waals surface area (Å²) in [4.78, 5) is 21.5. The molecule has 4 atom stereocenters. The van der Waals surface area contributed by atoms with E-state index in [1.54, 1.807) is 6.07 Å². The van der Waals surface area contributed by atoms with E-state index in [-0.39, 0.29) is 18.8 Å². The second-order valence-corrected chi connectivity index (χ2v) is 7.96. The van der Waals surface area contributed by atoms with Crippen LogP contribution in [0, 0.1) is 24.6 Å². The third-order valence-electron chi connectivity index (χ3n) is 5.94. The van der Waals surface area contributed by atoms with Crippen LogP contribution in [0.5, 0.6) is 0 Å². The van der Waals surface area contributed by atoms with Gasteiger partial charge in [-0.15, -0.1) is 0 Å². The lowest BCUT2D eigenvalue weighted by molar-refractivity contribution is -0.123. The lowest BCUT2D eigenvalue weighted by atomic mass is 10.0. The first-order chi connectivity index (χ1) is 13.3. The summed E-state index contributed by atoms with van der Waals surface area (Å²) in [5.74, 6) is 1.69. The van der Waals surface area contributed by atoms with Gasteiger partial charge in [0.25, 0.3) is 12.9 Å². The van der Waals surface area contributed by atoms with Gasteiger partial charge in [0.05, 0.1) is 0 Å². The fourth-order valence-corrected chi connectivity index (χ4v) is 4.56. The van der Waals surface area contributed by atoms with E-state index in [2.05, 4.69) is 30.9 Å². The van der Waals surface area contributed by atoms with E-state index in [1.165, 1.54) is 25.7 Å². The van der Waals surface area contributed by atoms with Gasteiger partial charge >= 0.3 is 0 Å². The summed E-state index contributed by atoms with van der Waals surface area (Å²) in [5.41, 5.74) is 1.98. The maximum absolute atomic E-state index is 14.0. The molecule has 2 aliphatic rings. The van der Waals surface area contributed by atoms with E-state index in [0.29, 0.717) is 6.04 Å². The van der Waals surface area contributed by atoms with E-state index >= 15 is 0 Å². The van der Waals surface area contributed by atoms with Gasteiger partial charge in [0.2, 0.25) is 0 Å². The van der Waals surface area contributed by atoms with Gasteiger partial charge in [-0.3, -0.25) is 14.5 Å². The predicted octanol–water partition coefficient (Wildman–Crippen LogP) is 3.09. The summed E-state index contributed by atoms with van der Waals surface area (Å²) in [7, 11) is 6.57. The maximum Gasteiger partial charge on any atom is 0.290 e. The monoisotopic (exact) mass is 396 g/mol. The summed E-state index contributed by atoms with van der Waals surface area (Å²) >= 11 is 0. The third kappa shape index (κ3) is 6.87. The molecule has 6 nitrogen and oxygen atoms in total. The minimum absolute atomic E-state index is 0.0664. The molecular weight excluding hydrogens is 363 g/mol. The lowest BCUT2D eigenvalue weighted by Gasteiger charge is -2.27. The molecule has 2 fully saturated rings. The SMILES string of the molecule is Cc1ccc(F)c(CN(C)C2C[C@H]3CC(N(C)C)C[C@H]3C2)c1.O=CO.O=CO. The van der Waals surface area contributed by atoms with Crippen LogP contribution in [0.25, 0.3) is 0 Å². The second-order valence-electron chi connectivity index (χ2n) is 7.96. The Morgan fingerprint density at radius 3 is 1.93 bits per heavy atom. The highest BCUT2D eigenvalue weighted by Gasteiger charge is 2.43. The van der Waals surface area contributed by atoms with Crippen molar-refractivity contribution in [2.45, 2.75) is 51.2 Å². The lowest BCUT2D eigenvalue weighted by Crippen LogP contribution is -2.31. The topological polar surface area (TPSA) is 81.1 Å². The Morgan fingerprint density at radius 2 is 1.46 bits per heavy atom. The molecule has 0 heterocycles. The molecule has 3 rings (SSSR count). The van der Waals surface area contributed by atoms with Gasteiger partial charge in [0.15, 0.2) is 0 Å². The number of benzene rings is 1. The van der Waals surface area contributed by atoms with Crippen LogP contribution in [0.15, 0.2) is 18.2 Å². The van der Waals surface area contributed by atoms with Crippen molar-refractivity contribution in [3.05, 3.63) is 35.1 Å². The van der Waals surface area contributed by atoms with Crippen LogP contribution in [-0.2, 0) is 16.1 Å². The molecule has 2 saturated carbocycles. The summed E-state index contributed by atoms with van der Waals surface area (Å²) in [6, 6.07) is 6.83. The number of carbonyl (C=O) groups is 2. The average Bonchev–Trinajstić information content (AvgIpc) is 3.19. The van der Waals surface area contributed by atoms with Crippen LogP contribution in [0.3, 0.4) is 0 Å². The number of carboxylic acid groups (broad SMARTS) is 2. The van der Waals surface area contributed by atoms with Gasteiger partial charge < -0.3 is 15.1 Å². The van der Waals surface area contributed by atoms with Crippen molar-refractivity contribution in [1.29, 1.82) is 0 Å². The number of hydrogen-bond donors (Lipinski definition) is 2. The number of nitrogens with zero attached hydrogens (tertiary/aromatic N) is 2. The molecule has 0 spiro atoms. The number of rotatable bonds is 4. The number of halogens is 1. The van der Waals surface area contributed by atoms with Crippen molar-refractivity contribution >= 4 is 12.9 Å². The van der Waals surface area contributed by atoms with Crippen LogP contribution in [0.4, 0.5) is 4.39 Å². The first-order valence-electron chi connectivity index (χ1n) is 9.54. The Balaban J connectivity index is 0.000000582. The zero-order valence-corrected chi connectivity index (χ0v) is 17.2. The molecule has 0 bridgehead atoms. The molecule has 0 aliphatic heterocycles. The molecule has 2 unspecified atom stereocenters. The van der Waals surface area contributed by atoms with E-state index in [9.17, 15) is 4.39 Å². The minimum Gasteiger partial charge on any atom is -0.483 e. The van der Waals surface area contributed by atoms with Crippen molar-refractivity contribution in [2.75, 3.05) is 21.1 Å². The number of hydrogen-bond acceptors (Lipinski definition) is 4. The summed E-state index contributed by atoms with van der Waals surface area (Å²) in [5, 5.41) is 13.8. The van der Waals surface area contributed by atoms with Crippen molar-refractivity contribution in [1.82, 2.24) is 9.80 Å². The first kappa shape index (κ1) is 24.0. The van der Waals surface area contributed by atoms with E-state index in [0.717, 1.165) is 35.5 Å². The number of aryl methyl sites for hydroxylation is 1. The second kappa shape index (κ2) is 11.8. The van der Waals surface area contributed by atoms with E-state index < -0.39 is 0 Å². The molecule has 1 aromatic carbocycles. The van der Waals surface area contributed by atoms with Crippen molar-refractivity contribution < 1.29 is 24.2 Å². The molecule has 158 valence electrons. The maximum atomic E-state index is 14.0. The molecule has 2 N–H and O–H groups in total. The van der Waals surface area contributed by atoms with Gasteiger partial charge in [0, 0.05) is 24.2 Å². The standard InChI is InChI=1S/C19H29FN2.2CH2O2/c1-13-5-6-19(20)16(7-13)12-22(4)18-10-14-8-17(21(2)3)9-15(14)11-18;2*2-1-3/h5-7,14-15,17-18H,8-12H2,1-4H3;2*1H,(H,2,3)/t14-,15+,17?,18?;;. The Labute approximate surface area is 167 Å². The fourth-order valence-electron chi connectivity index (χ4n) is 4.56. The number of fused-ring (bicyclic) bond motifs is 1. The Hall–Kier alpha value is -1.99. The highest BCUT2D eigenvalue weighted by molar-refractivity contribution is 5.33.